The van der Waals surface area contributed by atoms with E-state index in [4.69, 9.17) is 0 Å². The molecule has 0 saturated heterocycles. The highest BCUT2D eigenvalue weighted by Gasteiger charge is 2.38. The summed E-state index contributed by atoms with van der Waals surface area (Å²) in [6.07, 6.45) is 0. The number of hydrogen-bond donors (Lipinski definition) is 0. The molecule has 4 aromatic rings. The Morgan fingerprint density at radius 1 is 1.03 bits per heavy atom. The maximum Gasteiger partial charge on any atom is 0.265 e. The molecule has 0 fully saturated rings. The number of hydrogen-bond acceptors (Lipinski definition) is 5. The average Bonchev–Trinajstić information content (AvgIpc) is 3.25. The molecule has 0 unspecified atom stereocenters. The minimum absolute atomic E-state index is 0.236. The number of rotatable bonds is 4. The van der Waals surface area contributed by atoms with Gasteiger partial charge in [0.25, 0.3) is 15.9 Å². The first kappa shape index (κ1) is 18.8. The minimum atomic E-state index is -3.82. The Balaban J connectivity index is 1.58. The largest absolute Gasteiger partial charge is 0.272 e. The zero-order chi connectivity index (χ0) is 20.9. The monoisotopic (exact) mass is 435 g/mol. The van der Waals surface area contributed by atoms with Gasteiger partial charge in [0.05, 0.1) is 22.0 Å². The lowest BCUT2D eigenvalue weighted by atomic mass is 10.1. The van der Waals surface area contributed by atoms with Crippen molar-refractivity contribution in [2.75, 3.05) is 15.7 Å². The molecular weight excluding hydrogens is 418 g/mol. The molecule has 1 aliphatic rings. The van der Waals surface area contributed by atoms with Crippen LogP contribution in [0.5, 0.6) is 0 Å². The van der Waals surface area contributed by atoms with Crippen LogP contribution in [0, 0.1) is 6.92 Å². The third kappa shape index (κ3) is 2.88. The van der Waals surface area contributed by atoms with Gasteiger partial charge in [-0.1, -0.05) is 42.5 Å². The van der Waals surface area contributed by atoms with Crippen LogP contribution in [0.1, 0.15) is 5.69 Å². The van der Waals surface area contributed by atoms with E-state index in [2.05, 4.69) is 4.98 Å². The van der Waals surface area contributed by atoms with Crippen molar-refractivity contribution in [2.45, 2.75) is 11.8 Å². The Morgan fingerprint density at radius 2 is 1.77 bits per heavy atom. The van der Waals surface area contributed by atoms with Gasteiger partial charge in [0.1, 0.15) is 6.54 Å². The fourth-order valence-corrected chi connectivity index (χ4v) is 6.20. The lowest BCUT2D eigenvalue weighted by molar-refractivity contribution is -0.116. The molecule has 0 bridgehead atoms. The van der Waals surface area contributed by atoms with Crippen molar-refractivity contribution >= 4 is 54.5 Å². The number of sulfonamides is 1. The van der Waals surface area contributed by atoms with Gasteiger partial charge in [-0.25, -0.2) is 13.4 Å². The second-order valence-corrected chi connectivity index (χ2v) is 9.65. The number of anilines is 3. The molecule has 2 heterocycles. The van der Waals surface area contributed by atoms with Crippen molar-refractivity contribution in [2.24, 2.45) is 0 Å². The van der Waals surface area contributed by atoms with Crippen LogP contribution in [0.2, 0.25) is 0 Å². The smallest absolute Gasteiger partial charge is 0.265 e. The normalized spacial score (nSPS) is 14.2. The van der Waals surface area contributed by atoms with Gasteiger partial charge in [0.15, 0.2) is 5.13 Å². The van der Waals surface area contributed by atoms with Crippen LogP contribution in [-0.2, 0) is 14.8 Å². The number of para-hydroxylation sites is 1. The summed E-state index contributed by atoms with van der Waals surface area (Å²) in [6, 6.07) is 19.7. The summed E-state index contributed by atoms with van der Waals surface area (Å²) in [7, 11) is -3.82. The molecule has 150 valence electrons. The van der Waals surface area contributed by atoms with Crippen molar-refractivity contribution in [1.82, 2.24) is 4.98 Å². The van der Waals surface area contributed by atoms with Crippen molar-refractivity contribution < 1.29 is 13.2 Å². The van der Waals surface area contributed by atoms with Gasteiger partial charge in [-0.2, -0.15) is 0 Å². The topological polar surface area (TPSA) is 70.6 Å². The number of thiazole rings is 1. The molecule has 1 amide bonds. The summed E-state index contributed by atoms with van der Waals surface area (Å²) >= 11 is 1.35. The van der Waals surface area contributed by atoms with E-state index >= 15 is 0 Å². The number of carbonyl (C=O) groups is 1. The lowest BCUT2D eigenvalue weighted by Gasteiger charge is -2.24. The zero-order valence-corrected chi connectivity index (χ0v) is 17.7. The Bertz CT molecular complexity index is 1380. The molecule has 0 N–H and O–H groups in total. The van der Waals surface area contributed by atoms with Crippen molar-refractivity contribution in [1.29, 1.82) is 0 Å². The Hall–Kier alpha value is -3.23. The summed E-state index contributed by atoms with van der Waals surface area (Å²) in [6.45, 7) is 1.54. The van der Waals surface area contributed by atoms with E-state index in [9.17, 15) is 13.2 Å². The number of amides is 1. The van der Waals surface area contributed by atoms with Crippen LogP contribution in [0.15, 0.2) is 77.0 Å². The highest BCUT2D eigenvalue weighted by molar-refractivity contribution is 7.93. The van der Waals surface area contributed by atoms with E-state index in [0.717, 1.165) is 11.1 Å². The van der Waals surface area contributed by atoms with Crippen LogP contribution < -0.4 is 9.21 Å². The van der Waals surface area contributed by atoms with Gasteiger partial charge in [-0.05, 0) is 36.6 Å². The summed E-state index contributed by atoms with van der Waals surface area (Å²) in [4.78, 5) is 19.6. The van der Waals surface area contributed by atoms with Crippen molar-refractivity contribution in [3.05, 3.63) is 77.8 Å². The van der Waals surface area contributed by atoms with Gasteiger partial charge in [0.2, 0.25) is 0 Å². The van der Waals surface area contributed by atoms with Crippen LogP contribution >= 0.6 is 11.3 Å². The molecular formula is C22H17N3O3S2. The fraction of sp³-hybridized carbons (Fsp3) is 0.0909. The molecule has 1 aliphatic heterocycles. The second kappa shape index (κ2) is 6.93. The third-order valence-electron chi connectivity index (χ3n) is 5.02. The van der Waals surface area contributed by atoms with Crippen LogP contribution in [0.3, 0.4) is 0 Å². The van der Waals surface area contributed by atoms with Gasteiger partial charge >= 0.3 is 0 Å². The van der Waals surface area contributed by atoms with E-state index in [0.29, 0.717) is 21.9 Å². The lowest BCUT2D eigenvalue weighted by Crippen LogP contribution is -2.39. The Morgan fingerprint density at radius 3 is 2.47 bits per heavy atom. The third-order valence-corrected chi connectivity index (χ3v) is 7.77. The van der Waals surface area contributed by atoms with Crippen LogP contribution in [0.25, 0.3) is 10.8 Å². The van der Waals surface area contributed by atoms with Crippen LogP contribution in [-0.4, -0.2) is 25.9 Å². The zero-order valence-electron chi connectivity index (χ0n) is 16.0. The molecule has 30 heavy (non-hydrogen) atoms. The Kier molecular flexibility index (Phi) is 4.34. The number of benzene rings is 3. The quantitative estimate of drug-likeness (QED) is 0.474. The molecule has 6 nitrogen and oxygen atoms in total. The predicted octanol–water partition coefficient (Wildman–Crippen LogP) is 4.48. The molecule has 1 aromatic heterocycles. The van der Waals surface area contributed by atoms with E-state index in [1.807, 2.05) is 54.8 Å². The second-order valence-electron chi connectivity index (χ2n) is 6.98. The predicted molar refractivity (Wildman–Crippen MR) is 119 cm³/mol. The van der Waals surface area contributed by atoms with E-state index in [1.165, 1.54) is 20.5 Å². The highest BCUT2D eigenvalue weighted by Crippen LogP contribution is 2.42. The molecule has 0 aliphatic carbocycles. The number of aryl methyl sites for hydroxylation is 1. The molecule has 0 atom stereocenters. The maximum absolute atomic E-state index is 13.5. The minimum Gasteiger partial charge on any atom is -0.272 e. The van der Waals surface area contributed by atoms with Gasteiger partial charge in [-0.3, -0.25) is 14.0 Å². The SMILES string of the molecule is Cc1csc(N(C(=O)CN2c3cccc4cccc(c34)S2(=O)=O)c2ccccc2)n1. The van der Waals surface area contributed by atoms with Gasteiger partial charge in [0, 0.05) is 10.8 Å². The van der Waals surface area contributed by atoms with Gasteiger partial charge < -0.3 is 0 Å². The first-order valence-corrected chi connectivity index (χ1v) is 11.6. The first-order chi connectivity index (χ1) is 14.5. The van der Waals surface area contributed by atoms with Crippen molar-refractivity contribution in [3.8, 4) is 0 Å². The van der Waals surface area contributed by atoms with E-state index < -0.39 is 10.0 Å². The molecule has 3 aromatic carbocycles. The summed E-state index contributed by atoms with van der Waals surface area (Å²) in [5, 5.41) is 3.86. The first-order valence-electron chi connectivity index (χ1n) is 9.31. The maximum atomic E-state index is 13.5. The standard InChI is InChI=1S/C22H17N3O3S2/c1-15-14-29-22(23-15)25(17-9-3-2-4-10-17)20(26)13-24-18-11-5-7-16-8-6-12-19(21(16)18)30(24,27)28/h2-12,14H,13H2,1H3. The summed E-state index contributed by atoms with van der Waals surface area (Å²) < 4.78 is 27.7. The molecule has 0 spiro atoms. The molecule has 0 radical (unpaired) electrons. The molecule has 0 saturated carbocycles. The molecule has 5 rings (SSSR count). The average molecular weight is 436 g/mol. The summed E-state index contributed by atoms with van der Waals surface area (Å²) in [5.41, 5.74) is 1.97. The van der Waals surface area contributed by atoms with Crippen molar-refractivity contribution in [3.63, 3.8) is 0 Å². The molecule has 8 heteroatoms. The van der Waals surface area contributed by atoms with E-state index in [1.54, 1.807) is 24.3 Å². The summed E-state index contributed by atoms with van der Waals surface area (Å²) in [5.74, 6) is -0.371. The Labute approximate surface area is 178 Å². The number of nitrogens with zero attached hydrogens (tertiary/aromatic N) is 3. The van der Waals surface area contributed by atoms with Crippen LogP contribution in [0.4, 0.5) is 16.5 Å². The fourth-order valence-electron chi connectivity index (χ4n) is 3.70. The van der Waals surface area contributed by atoms with E-state index in [-0.39, 0.29) is 17.3 Å². The number of aromatic nitrogens is 1. The highest BCUT2D eigenvalue weighted by atomic mass is 32.2. The van der Waals surface area contributed by atoms with Gasteiger partial charge in [-0.15, -0.1) is 11.3 Å². The number of carbonyl (C=O) groups excluding carboxylic acids is 1.